The lowest BCUT2D eigenvalue weighted by atomic mass is 9.96. The Morgan fingerprint density at radius 3 is 2.71 bits per heavy atom. The van der Waals surface area contributed by atoms with Crippen LogP contribution in [-0.4, -0.2) is 15.0 Å². The van der Waals surface area contributed by atoms with Gasteiger partial charge >= 0.3 is 0 Å². The summed E-state index contributed by atoms with van der Waals surface area (Å²) in [6.45, 7) is 6.37. The molecular formula is C10H12BrN3. The average Bonchev–Trinajstić information content (AvgIpc) is 2.45. The summed E-state index contributed by atoms with van der Waals surface area (Å²) in [6.07, 6.45) is 1.76. The lowest BCUT2D eigenvalue weighted by Crippen LogP contribution is -2.12. The monoisotopic (exact) mass is 253 g/mol. The van der Waals surface area contributed by atoms with Crippen LogP contribution in [0, 0.1) is 0 Å². The molecule has 74 valence electrons. The van der Waals surface area contributed by atoms with Crippen LogP contribution in [-0.2, 0) is 5.41 Å². The van der Waals surface area contributed by atoms with Gasteiger partial charge in [-0.25, -0.2) is 9.97 Å². The highest BCUT2D eigenvalue weighted by atomic mass is 79.9. The van der Waals surface area contributed by atoms with Crippen LogP contribution in [0.5, 0.6) is 0 Å². The summed E-state index contributed by atoms with van der Waals surface area (Å²) in [5.41, 5.74) is 1.79. The molecule has 0 aliphatic heterocycles. The molecule has 2 rings (SSSR count). The van der Waals surface area contributed by atoms with Crippen molar-refractivity contribution in [3.8, 4) is 0 Å². The highest BCUT2D eigenvalue weighted by Gasteiger charge is 2.18. The fourth-order valence-corrected chi connectivity index (χ4v) is 1.56. The Kier molecular flexibility index (Phi) is 2.10. The van der Waals surface area contributed by atoms with Crippen LogP contribution in [0.15, 0.2) is 16.7 Å². The van der Waals surface area contributed by atoms with Crippen LogP contribution < -0.4 is 0 Å². The van der Waals surface area contributed by atoms with E-state index in [9.17, 15) is 0 Å². The minimum atomic E-state index is 0.0349. The van der Waals surface area contributed by atoms with E-state index < -0.39 is 0 Å². The number of nitrogens with one attached hydrogen (secondary N) is 1. The summed E-state index contributed by atoms with van der Waals surface area (Å²) < 4.78 is 0.967. The molecule has 2 heterocycles. The highest BCUT2D eigenvalue weighted by Crippen LogP contribution is 2.22. The van der Waals surface area contributed by atoms with E-state index in [4.69, 9.17) is 0 Å². The molecule has 4 heteroatoms. The van der Waals surface area contributed by atoms with Crippen molar-refractivity contribution < 1.29 is 0 Å². The zero-order chi connectivity index (χ0) is 10.3. The topological polar surface area (TPSA) is 41.6 Å². The van der Waals surface area contributed by atoms with Crippen molar-refractivity contribution in [1.29, 1.82) is 0 Å². The second kappa shape index (κ2) is 3.05. The smallest absolute Gasteiger partial charge is 0.177 e. The number of imidazole rings is 1. The molecule has 0 aromatic carbocycles. The maximum absolute atomic E-state index is 4.44. The van der Waals surface area contributed by atoms with Gasteiger partial charge < -0.3 is 4.98 Å². The van der Waals surface area contributed by atoms with E-state index in [0.29, 0.717) is 0 Å². The molecular weight excluding hydrogens is 242 g/mol. The predicted octanol–water partition coefficient (Wildman–Crippen LogP) is 3.02. The average molecular weight is 254 g/mol. The van der Waals surface area contributed by atoms with Gasteiger partial charge in [0.05, 0.1) is 5.52 Å². The standard InChI is InChI=1S/C10H12BrN3/c1-10(2,3)9-13-7-4-6(11)5-12-8(7)14-9/h4-5H,1-3H3,(H,12,13,14). The maximum Gasteiger partial charge on any atom is 0.177 e. The number of aromatic nitrogens is 3. The van der Waals surface area contributed by atoms with Gasteiger partial charge in [-0.15, -0.1) is 0 Å². The van der Waals surface area contributed by atoms with Gasteiger partial charge in [0.2, 0.25) is 0 Å². The Hall–Kier alpha value is -0.900. The van der Waals surface area contributed by atoms with Crippen molar-refractivity contribution in [2.75, 3.05) is 0 Å². The summed E-state index contributed by atoms with van der Waals surface area (Å²) in [7, 11) is 0. The molecule has 0 radical (unpaired) electrons. The van der Waals surface area contributed by atoms with E-state index in [1.165, 1.54) is 0 Å². The summed E-state index contributed by atoms with van der Waals surface area (Å²) >= 11 is 3.38. The van der Waals surface area contributed by atoms with E-state index >= 15 is 0 Å². The third-order valence-electron chi connectivity index (χ3n) is 2.01. The number of rotatable bonds is 0. The van der Waals surface area contributed by atoms with Gasteiger partial charge in [-0.1, -0.05) is 20.8 Å². The second-order valence-corrected chi connectivity index (χ2v) is 5.28. The molecule has 0 saturated heterocycles. The number of pyridine rings is 1. The molecule has 0 amide bonds. The molecule has 0 aliphatic rings. The van der Waals surface area contributed by atoms with Crippen molar-refractivity contribution in [2.45, 2.75) is 26.2 Å². The molecule has 0 saturated carbocycles. The van der Waals surface area contributed by atoms with Crippen LogP contribution in [0.25, 0.3) is 11.2 Å². The van der Waals surface area contributed by atoms with E-state index in [2.05, 4.69) is 51.7 Å². The zero-order valence-electron chi connectivity index (χ0n) is 8.43. The molecule has 1 N–H and O–H groups in total. The molecule has 0 unspecified atom stereocenters. The summed E-state index contributed by atoms with van der Waals surface area (Å²) in [6, 6.07) is 1.99. The Balaban J connectivity index is 2.63. The number of hydrogen-bond acceptors (Lipinski definition) is 2. The van der Waals surface area contributed by atoms with Gasteiger partial charge in [0.1, 0.15) is 5.82 Å². The molecule has 2 aromatic rings. The lowest BCUT2D eigenvalue weighted by Gasteiger charge is -2.13. The van der Waals surface area contributed by atoms with Crippen molar-refractivity contribution in [2.24, 2.45) is 0 Å². The number of nitrogens with zero attached hydrogens (tertiary/aromatic N) is 2. The molecule has 2 aromatic heterocycles. The Morgan fingerprint density at radius 1 is 1.36 bits per heavy atom. The normalized spacial score (nSPS) is 12.3. The van der Waals surface area contributed by atoms with Gasteiger partial charge in [-0.2, -0.15) is 0 Å². The van der Waals surface area contributed by atoms with Gasteiger partial charge in [0.25, 0.3) is 0 Å². The van der Waals surface area contributed by atoms with E-state index in [-0.39, 0.29) is 5.41 Å². The molecule has 0 fully saturated rings. The SMILES string of the molecule is CC(C)(C)c1nc2ncc(Br)cc2[nH]1. The number of fused-ring (bicyclic) bond motifs is 1. The van der Waals surface area contributed by atoms with E-state index in [0.717, 1.165) is 21.5 Å². The second-order valence-electron chi connectivity index (χ2n) is 4.36. The molecule has 0 spiro atoms. The first-order chi connectivity index (χ1) is 6.47. The highest BCUT2D eigenvalue weighted by molar-refractivity contribution is 9.10. The van der Waals surface area contributed by atoms with Crippen LogP contribution in [0.3, 0.4) is 0 Å². The minimum Gasteiger partial charge on any atom is -0.340 e. The fraction of sp³-hybridized carbons (Fsp3) is 0.400. The molecule has 0 aliphatic carbocycles. The number of aromatic amines is 1. The molecule has 3 nitrogen and oxygen atoms in total. The van der Waals surface area contributed by atoms with Gasteiger partial charge in [-0.05, 0) is 22.0 Å². The molecule has 0 bridgehead atoms. The van der Waals surface area contributed by atoms with Crippen LogP contribution >= 0.6 is 15.9 Å². The number of halogens is 1. The third-order valence-corrected chi connectivity index (χ3v) is 2.45. The van der Waals surface area contributed by atoms with Crippen LogP contribution in [0.4, 0.5) is 0 Å². The largest absolute Gasteiger partial charge is 0.340 e. The number of H-pyrrole nitrogens is 1. The van der Waals surface area contributed by atoms with E-state index in [1.807, 2.05) is 6.07 Å². The molecule has 14 heavy (non-hydrogen) atoms. The first-order valence-corrected chi connectivity index (χ1v) is 5.28. The molecule has 0 atom stereocenters. The Labute approximate surface area is 91.1 Å². The van der Waals surface area contributed by atoms with Crippen molar-refractivity contribution >= 4 is 27.1 Å². The summed E-state index contributed by atoms with van der Waals surface area (Å²) in [5.74, 6) is 0.970. The zero-order valence-corrected chi connectivity index (χ0v) is 10.0. The van der Waals surface area contributed by atoms with Gasteiger partial charge in [0.15, 0.2) is 5.65 Å². The summed E-state index contributed by atoms with van der Waals surface area (Å²) in [4.78, 5) is 11.9. The fourth-order valence-electron chi connectivity index (χ4n) is 1.23. The number of hydrogen-bond donors (Lipinski definition) is 1. The van der Waals surface area contributed by atoms with E-state index in [1.54, 1.807) is 6.20 Å². The third kappa shape index (κ3) is 1.66. The van der Waals surface area contributed by atoms with Crippen molar-refractivity contribution in [1.82, 2.24) is 15.0 Å². The summed E-state index contributed by atoms with van der Waals surface area (Å²) in [5, 5.41) is 0. The quantitative estimate of drug-likeness (QED) is 0.785. The van der Waals surface area contributed by atoms with Crippen LogP contribution in [0.2, 0.25) is 0 Å². The van der Waals surface area contributed by atoms with Gasteiger partial charge in [-0.3, -0.25) is 0 Å². The van der Waals surface area contributed by atoms with Crippen LogP contribution in [0.1, 0.15) is 26.6 Å². The van der Waals surface area contributed by atoms with Crippen molar-refractivity contribution in [3.63, 3.8) is 0 Å². The first kappa shape index (κ1) is 9.65. The first-order valence-electron chi connectivity index (χ1n) is 4.48. The Morgan fingerprint density at radius 2 is 2.07 bits per heavy atom. The van der Waals surface area contributed by atoms with Crippen molar-refractivity contribution in [3.05, 3.63) is 22.6 Å². The Bertz CT molecular complexity index is 468. The lowest BCUT2D eigenvalue weighted by molar-refractivity contribution is 0.554. The minimum absolute atomic E-state index is 0.0349. The van der Waals surface area contributed by atoms with Gasteiger partial charge in [0, 0.05) is 16.1 Å². The predicted molar refractivity (Wildman–Crippen MR) is 60.3 cm³/mol. The maximum atomic E-state index is 4.44.